The first-order valence-corrected chi connectivity index (χ1v) is 8.31. The fourth-order valence-electron chi connectivity index (χ4n) is 2.54. The van der Waals surface area contributed by atoms with Crippen LogP contribution in [0.2, 0.25) is 0 Å². The predicted molar refractivity (Wildman–Crippen MR) is 97.9 cm³/mol. The number of aromatic nitrogens is 2. The third-order valence-corrected chi connectivity index (χ3v) is 5.04. The average Bonchev–Trinajstić information content (AvgIpc) is 2.90. The fraction of sp³-hybridized carbons (Fsp3) is 0.167. The van der Waals surface area contributed by atoms with Crippen LogP contribution < -0.4 is 10.9 Å². The molecular weight excluding hydrogens is 322 g/mol. The van der Waals surface area contributed by atoms with Gasteiger partial charge in [-0.15, -0.1) is 17.9 Å². The highest BCUT2D eigenvalue weighted by atomic mass is 32.1. The topological polar surface area (TPSA) is 64.0 Å². The molecule has 0 aliphatic carbocycles. The summed E-state index contributed by atoms with van der Waals surface area (Å²) >= 11 is 1.24. The summed E-state index contributed by atoms with van der Waals surface area (Å²) in [5.41, 5.74) is 2.26. The van der Waals surface area contributed by atoms with Crippen LogP contribution in [0.25, 0.3) is 10.2 Å². The molecule has 5 nitrogen and oxygen atoms in total. The molecule has 0 aliphatic rings. The zero-order valence-corrected chi connectivity index (χ0v) is 14.3. The zero-order chi connectivity index (χ0) is 17.3. The van der Waals surface area contributed by atoms with Gasteiger partial charge in [0.2, 0.25) is 0 Å². The van der Waals surface area contributed by atoms with Gasteiger partial charge in [-0.1, -0.05) is 24.3 Å². The molecule has 6 heteroatoms. The van der Waals surface area contributed by atoms with Crippen LogP contribution in [-0.4, -0.2) is 15.5 Å². The van der Waals surface area contributed by atoms with Crippen molar-refractivity contribution in [1.29, 1.82) is 0 Å². The number of anilines is 1. The van der Waals surface area contributed by atoms with E-state index < -0.39 is 0 Å². The molecule has 0 radical (unpaired) electrons. The SMILES string of the molecule is C=CCn1cnc2sc(C(=O)Nc3ccccc3C)c(C)c2c1=O. The number of hydrogen-bond acceptors (Lipinski definition) is 4. The van der Waals surface area contributed by atoms with E-state index in [1.54, 1.807) is 13.0 Å². The van der Waals surface area contributed by atoms with E-state index in [-0.39, 0.29) is 11.5 Å². The molecule has 0 fully saturated rings. The summed E-state index contributed by atoms with van der Waals surface area (Å²) < 4.78 is 1.48. The number of fused-ring (bicyclic) bond motifs is 1. The Labute approximate surface area is 143 Å². The lowest BCUT2D eigenvalue weighted by Gasteiger charge is -2.07. The van der Waals surface area contributed by atoms with Gasteiger partial charge in [-0.25, -0.2) is 4.98 Å². The van der Waals surface area contributed by atoms with Crippen LogP contribution in [0.4, 0.5) is 5.69 Å². The van der Waals surface area contributed by atoms with E-state index in [2.05, 4.69) is 16.9 Å². The number of para-hydroxylation sites is 1. The number of carbonyl (C=O) groups excluding carboxylic acids is 1. The minimum atomic E-state index is -0.223. The smallest absolute Gasteiger partial charge is 0.266 e. The molecule has 122 valence electrons. The van der Waals surface area contributed by atoms with E-state index in [0.29, 0.717) is 27.2 Å². The van der Waals surface area contributed by atoms with E-state index in [9.17, 15) is 9.59 Å². The van der Waals surface area contributed by atoms with Gasteiger partial charge in [-0.05, 0) is 31.0 Å². The molecule has 0 aliphatic heterocycles. The Bertz CT molecular complexity index is 1000. The van der Waals surface area contributed by atoms with Gasteiger partial charge in [-0.3, -0.25) is 14.2 Å². The van der Waals surface area contributed by atoms with E-state index in [1.807, 2.05) is 31.2 Å². The van der Waals surface area contributed by atoms with Gasteiger partial charge in [0.15, 0.2) is 0 Å². The van der Waals surface area contributed by atoms with Crippen LogP contribution in [-0.2, 0) is 6.54 Å². The number of nitrogens with one attached hydrogen (secondary N) is 1. The molecule has 24 heavy (non-hydrogen) atoms. The molecule has 3 aromatic rings. The van der Waals surface area contributed by atoms with Crippen LogP contribution in [0.3, 0.4) is 0 Å². The first-order valence-electron chi connectivity index (χ1n) is 7.49. The van der Waals surface area contributed by atoms with E-state index >= 15 is 0 Å². The molecule has 0 saturated carbocycles. The Balaban J connectivity index is 2.04. The van der Waals surface area contributed by atoms with Gasteiger partial charge in [0.25, 0.3) is 11.5 Å². The molecule has 0 spiro atoms. The van der Waals surface area contributed by atoms with Gasteiger partial charge >= 0.3 is 0 Å². The summed E-state index contributed by atoms with van der Waals surface area (Å²) in [6.45, 7) is 7.75. The van der Waals surface area contributed by atoms with Gasteiger partial charge < -0.3 is 5.32 Å². The van der Waals surface area contributed by atoms with Crippen LogP contribution >= 0.6 is 11.3 Å². The van der Waals surface area contributed by atoms with Gasteiger partial charge in [0.05, 0.1) is 16.6 Å². The molecule has 0 bridgehead atoms. The third-order valence-electron chi connectivity index (χ3n) is 3.84. The predicted octanol–water partition coefficient (Wildman–Crippen LogP) is 3.51. The maximum absolute atomic E-state index is 12.6. The number of benzene rings is 1. The molecule has 1 N–H and O–H groups in total. The van der Waals surface area contributed by atoms with Gasteiger partial charge in [0, 0.05) is 12.2 Å². The maximum Gasteiger partial charge on any atom is 0.266 e. The quantitative estimate of drug-likeness (QED) is 0.740. The highest BCUT2D eigenvalue weighted by molar-refractivity contribution is 7.20. The first-order chi connectivity index (χ1) is 11.5. The third kappa shape index (κ3) is 2.76. The summed E-state index contributed by atoms with van der Waals surface area (Å²) in [6, 6.07) is 7.58. The Morgan fingerprint density at radius 1 is 1.38 bits per heavy atom. The number of allylic oxidation sites excluding steroid dienone is 1. The highest BCUT2D eigenvalue weighted by Gasteiger charge is 2.19. The number of carbonyl (C=O) groups is 1. The van der Waals surface area contributed by atoms with Crippen LogP contribution in [0.1, 0.15) is 20.8 Å². The van der Waals surface area contributed by atoms with Crippen molar-refractivity contribution >= 4 is 33.1 Å². The number of hydrogen-bond donors (Lipinski definition) is 1. The number of rotatable bonds is 4. The molecule has 2 heterocycles. The lowest BCUT2D eigenvalue weighted by molar-refractivity contribution is 0.103. The molecule has 3 rings (SSSR count). The van der Waals surface area contributed by atoms with Crippen LogP contribution in [0.5, 0.6) is 0 Å². The number of thiophene rings is 1. The van der Waals surface area contributed by atoms with Crippen molar-refractivity contribution in [2.75, 3.05) is 5.32 Å². The summed E-state index contributed by atoms with van der Waals surface area (Å²) in [6.07, 6.45) is 3.13. The van der Waals surface area contributed by atoms with E-state index in [0.717, 1.165) is 11.3 Å². The molecule has 1 amide bonds. The van der Waals surface area contributed by atoms with Crippen LogP contribution in [0, 0.1) is 13.8 Å². The molecule has 0 saturated heterocycles. The summed E-state index contributed by atoms with van der Waals surface area (Å²) in [7, 11) is 0. The van der Waals surface area contributed by atoms with Gasteiger partial charge in [-0.2, -0.15) is 0 Å². The minimum Gasteiger partial charge on any atom is -0.321 e. The normalized spacial score (nSPS) is 10.8. The van der Waals surface area contributed by atoms with Crippen molar-refractivity contribution in [2.24, 2.45) is 0 Å². The van der Waals surface area contributed by atoms with Gasteiger partial charge in [0.1, 0.15) is 4.83 Å². The number of aryl methyl sites for hydroxylation is 2. The maximum atomic E-state index is 12.6. The van der Waals surface area contributed by atoms with Crippen molar-refractivity contribution in [2.45, 2.75) is 20.4 Å². The monoisotopic (exact) mass is 339 g/mol. The molecule has 0 atom stereocenters. The summed E-state index contributed by atoms with van der Waals surface area (Å²) in [4.78, 5) is 30.6. The Morgan fingerprint density at radius 2 is 2.12 bits per heavy atom. The molecule has 1 aromatic carbocycles. The largest absolute Gasteiger partial charge is 0.321 e. The average molecular weight is 339 g/mol. The minimum absolute atomic E-state index is 0.149. The summed E-state index contributed by atoms with van der Waals surface area (Å²) in [5.74, 6) is -0.223. The lowest BCUT2D eigenvalue weighted by Crippen LogP contribution is -2.20. The van der Waals surface area contributed by atoms with E-state index in [4.69, 9.17) is 0 Å². The van der Waals surface area contributed by atoms with Crippen molar-refractivity contribution < 1.29 is 4.79 Å². The van der Waals surface area contributed by atoms with E-state index in [1.165, 1.54) is 22.2 Å². The van der Waals surface area contributed by atoms with Crippen molar-refractivity contribution in [3.05, 3.63) is 69.6 Å². The lowest BCUT2D eigenvalue weighted by atomic mass is 10.2. The number of amides is 1. The van der Waals surface area contributed by atoms with Crippen molar-refractivity contribution in [3.8, 4) is 0 Å². The molecular formula is C18H17N3O2S. The van der Waals surface area contributed by atoms with Crippen molar-refractivity contribution in [1.82, 2.24) is 9.55 Å². The second-order valence-corrected chi connectivity index (χ2v) is 6.50. The first kappa shape index (κ1) is 16.1. The Hall–Kier alpha value is -2.73. The highest BCUT2D eigenvalue weighted by Crippen LogP contribution is 2.28. The molecule has 2 aromatic heterocycles. The number of nitrogens with zero attached hydrogens (tertiary/aromatic N) is 2. The summed E-state index contributed by atoms with van der Waals surface area (Å²) in [5, 5.41) is 3.41. The van der Waals surface area contributed by atoms with Crippen molar-refractivity contribution in [3.63, 3.8) is 0 Å². The second kappa shape index (κ2) is 6.41. The Kier molecular flexibility index (Phi) is 4.31. The Morgan fingerprint density at radius 3 is 2.83 bits per heavy atom. The second-order valence-electron chi connectivity index (χ2n) is 5.50. The zero-order valence-electron chi connectivity index (χ0n) is 13.5. The molecule has 0 unspecified atom stereocenters. The fourth-order valence-corrected chi connectivity index (χ4v) is 3.57. The van der Waals surface area contributed by atoms with Crippen LogP contribution in [0.15, 0.2) is 48.0 Å². The standard InChI is InChI=1S/C18H17N3O2S/c1-4-9-21-10-19-17-14(18(21)23)12(3)15(24-17)16(22)20-13-8-6-5-7-11(13)2/h4-8,10H,1,9H2,2-3H3,(H,20,22).